The average Bonchev–Trinajstić information content (AvgIpc) is 3.23. The first-order valence-electron chi connectivity index (χ1n) is 10.1. The summed E-state index contributed by atoms with van der Waals surface area (Å²) in [7, 11) is 0. The summed E-state index contributed by atoms with van der Waals surface area (Å²) in [6.45, 7) is 5.38. The number of rotatable bonds is 2. The molecule has 4 bridgehead atoms. The summed E-state index contributed by atoms with van der Waals surface area (Å²) in [5.41, 5.74) is 0.657. The Morgan fingerprint density at radius 2 is 1.05 bits per heavy atom. The van der Waals surface area contributed by atoms with Gasteiger partial charge in [-0.15, -0.1) is 0 Å². The predicted octanol–water partition coefficient (Wildman–Crippen LogP) is 5.91. The van der Waals surface area contributed by atoms with Gasteiger partial charge in [-0.2, -0.15) is 0 Å². The first kappa shape index (κ1) is 13.4. The zero-order valence-electron chi connectivity index (χ0n) is 14.2. The molecule has 0 aliphatic heterocycles. The lowest BCUT2D eigenvalue weighted by Gasteiger charge is -2.43. The molecule has 0 aromatic carbocycles. The summed E-state index contributed by atoms with van der Waals surface area (Å²) >= 11 is 0. The molecule has 0 amide bonds. The van der Waals surface area contributed by atoms with Gasteiger partial charge in [0.15, 0.2) is 0 Å². The highest BCUT2D eigenvalue weighted by molar-refractivity contribution is 5.05. The first-order chi connectivity index (χ1) is 10.1. The van der Waals surface area contributed by atoms with Crippen LogP contribution in [0.3, 0.4) is 0 Å². The molecule has 5 rings (SSSR count). The quantitative estimate of drug-likeness (QED) is 0.592. The van der Waals surface area contributed by atoms with Gasteiger partial charge in [0.25, 0.3) is 0 Å². The van der Waals surface area contributed by atoms with Crippen molar-refractivity contribution in [3.63, 3.8) is 0 Å². The molecule has 0 spiro atoms. The van der Waals surface area contributed by atoms with E-state index in [0.29, 0.717) is 5.41 Å². The van der Waals surface area contributed by atoms with E-state index in [1.165, 1.54) is 0 Å². The third kappa shape index (κ3) is 1.86. The third-order valence-electron chi connectivity index (χ3n) is 9.32. The molecule has 0 saturated heterocycles. The van der Waals surface area contributed by atoms with Gasteiger partial charge in [0.2, 0.25) is 0 Å². The van der Waals surface area contributed by atoms with Gasteiger partial charge in [0, 0.05) is 0 Å². The third-order valence-corrected chi connectivity index (χ3v) is 9.32. The number of fused-ring (bicyclic) bond motifs is 4. The summed E-state index contributed by atoms with van der Waals surface area (Å²) in [6.07, 6.45) is 15.9. The van der Waals surface area contributed by atoms with Crippen LogP contribution in [0.5, 0.6) is 0 Å². The largest absolute Gasteiger partial charge is 0.0594 e. The molecule has 0 aromatic rings. The van der Waals surface area contributed by atoms with Gasteiger partial charge in [-0.3, -0.25) is 0 Å². The van der Waals surface area contributed by atoms with Crippen molar-refractivity contribution in [2.24, 2.45) is 52.8 Å². The molecule has 0 nitrogen and oxygen atoms in total. The van der Waals surface area contributed by atoms with Gasteiger partial charge >= 0.3 is 0 Å². The Morgan fingerprint density at radius 3 is 1.38 bits per heavy atom. The van der Waals surface area contributed by atoms with E-state index in [0.717, 1.165) is 47.3 Å². The maximum absolute atomic E-state index is 2.69. The highest BCUT2D eigenvalue weighted by Crippen LogP contribution is 2.64. The molecular weight excluding hydrogens is 252 g/mol. The van der Waals surface area contributed by atoms with Crippen LogP contribution in [0.2, 0.25) is 0 Å². The van der Waals surface area contributed by atoms with E-state index in [1.54, 1.807) is 64.2 Å². The number of hydrogen-bond donors (Lipinski definition) is 0. The van der Waals surface area contributed by atoms with Crippen molar-refractivity contribution in [1.82, 2.24) is 0 Å². The van der Waals surface area contributed by atoms with E-state index < -0.39 is 0 Å². The van der Waals surface area contributed by atoms with Gasteiger partial charge in [-0.25, -0.2) is 0 Å². The van der Waals surface area contributed by atoms with Crippen molar-refractivity contribution in [2.45, 2.75) is 78.1 Å². The van der Waals surface area contributed by atoms with Gasteiger partial charge in [0.05, 0.1) is 0 Å². The second-order valence-electron chi connectivity index (χ2n) is 10.3. The van der Waals surface area contributed by atoms with Crippen LogP contribution in [0, 0.1) is 52.8 Å². The van der Waals surface area contributed by atoms with Crippen LogP contribution in [0.15, 0.2) is 0 Å². The van der Waals surface area contributed by atoms with Crippen LogP contribution in [-0.2, 0) is 0 Å². The highest BCUT2D eigenvalue weighted by atomic mass is 14.6. The average molecular weight is 287 g/mol. The summed E-state index contributed by atoms with van der Waals surface area (Å²) in [4.78, 5) is 0. The molecule has 8 unspecified atom stereocenters. The van der Waals surface area contributed by atoms with Crippen LogP contribution >= 0.6 is 0 Å². The Balaban J connectivity index is 1.36. The zero-order valence-corrected chi connectivity index (χ0v) is 14.2. The lowest BCUT2D eigenvalue weighted by molar-refractivity contribution is 0.0536. The smallest absolute Gasteiger partial charge is 0.0292 e. The van der Waals surface area contributed by atoms with Gasteiger partial charge < -0.3 is 0 Å². The van der Waals surface area contributed by atoms with Crippen molar-refractivity contribution in [3.8, 4) is 0 Å². The van der Waals surface area contributed by atoms with E-state index in [4.69, 9.17) is 0 Å². The first-order valence-corrected chi connectivity index (χ1v) is 10.1. The molecule has 5 saturated carbocycles. The summed E-state index contributed by atoms with van der Waals surface area (Å²) in [5, 5.41) is 0. The van der Waals surface area contributed by atoms with Crippen LogP contribution in [0.1, 0.15) is 78.1 Å². The molecule has 21 heavy (non-hydrogen) atoms. The van der Waals surface area contributed by atoms with Crippen molar-refractivity contribution in [3.05, 3.63) is 0 Å². The van der Waals surface area contributed by atoms with E-state index >= 15 is 0 Å². The van der Waals surface area contributed by atoms with E-state index in [2.05, 4.69) is 13.8 Å². The minimum atomic E-state index is 0.657. The standard InChI is InChI=1S/C21H34/c1-21(2)19(17-11-13-3-5-15(17)9-13)7-8-20(21)18-12-14-4-6-16(18)10-14/h13-20H,3-12H2,1-2H3. The van der Waals surface area contributed by atoms with Gasteiger partial charge in [-0.05, 0) is 104 Å². The summed E-state index contributed by atoms with van der Waals surface area (Å²) < 4.78 is 0. The predicted molar refractivity (Wildman–Crippen MR) is 87.9 cm³/mol. The second kappa shape index (κ2) is 4.51. The molecule has 5 aliphatic rings. The van der Waals surface area contributed by atoms with E-state index in [-0.39, 0.29) is 0 Å². The maximum Gasteiger partial charge on any atom is -0.0292 e. The zero-order chi connectivity index (χ0) is 14.2. The Bertz CT molecular complexity index is 384. The molecule has 118 valence electrons. The molecule has 8 atom stereocenters. The molecule has 5 fully saturated rings. The highest BCUT2D eigenvalue weighted by Gasteiger charge is 2.56. The van der Waals surface area contributed by atoms with Gasteiger partial charge in [-0.1, -0.05) is 26.7 Å². The molecule has 0 radical (unpaired) electrons. The maximum atomic E-state index is 2.69. The monoisotopic (exact) mass is 286 g/mol. The Kier molecular flexibility index (Phi) is 2.89. The topological polar surface area (TPSA) is 0 Å². The molecule has 5 aliphatic carbocycles. The molecule has 0 aromatic heterocycles. The summed E-state index contributed by atoms with van der Waals surface area (Å²) in [6, 6.07) is 0. The fourth-order valence-corrected chi connectivity index (χ4v) is 8.48. The minimum absolute atomic E-state index is 0.657. The lowest BCUT2D eigenvalue weighted by atomic mass is 9.62. The van der Waals surface area contributed by atoms with Crippen LogP contribution < -0.4 is 0 Å². The fraction of sp³-hybridized carbons (Fsp3) is 1.00. The van der Waals surface area contributed by atoms with Crippen LogP contribution in [0.25, 0.3) is 0 Å². The minimum Gasteiger partial charge on any atom is -0.0594 e. The van der Waals surface area contributed by atoms with Crippen molar-refractivity contribution < 1.29 is 0 Å². The fourth-order valence-electron chi connectivity index (χ4n) is 8.48. The van der Waals surface area contributed by atoms with Crippen LogP contribution in [-0.4, -0.2) is 0 Å². The normalized spacial score (nSPS) is 57.4. The number of hydrogen-bond acceptors (Lipinski definition) is 0. The second-order valence-corrected chi connectivity index (χ2v) is 10.3. The molecule has 0 heterocycles. The van der Waals surface area contributed by atoms with Crippen LogP contribution in [0.4, 0.5) is 0 Å². The summed E-state index contributed by atoms with van der Waals surface area (Å²) in [5.74, 6) is 8.96. The van der Waals surface area contributed by atoms with Crippen molar-refractivity contribution in [2.75, 3.05) is 0 Å². The van der Waals surface area contributed by atoms with E-state index in [1.807, 2.05) is 0 Å². The Morgan fingerprint density at radius 1 is 0.571 bits per heavy atom. The molecule has 0 heteroatoms. The molecule has 0 N–H and O–H groups in total. The van der Waals surface area contributed by atoms with Crippen molar-refractivity contribution in [1.29, 1.82) is 0 Å². The van der Waals surface area contributed by atoms with Crippen molar-refractivity contribution >= 4 is 0 Å². The Labute approximate surface area is 131 Å². The van der Waals surface area contributed by atoms with E-state index in [9.17, 15) is 0 Å². The Hall–Kier alpha value is 0. The SMILES string of the molecule is CC1(C)C(C2CC3CCC2C3)CCC1C1CC2CCC1C2. The molecular formula is C21H34. The lowest BCUT2D eigenvalue weighted by Crippen LogP contribution is -2.37. The van der Waals surface area contributed by atoms with Gasteiger partial charge in [0.1, 0.15) is 0 Å².